The van der Waals surface area contributed by atoms with E-state index in [0.717, 1.165) is 102 Å². The minimum absolute atomic E-state index is 0.0398. The number of hydrogen-bond donors (Lipinski definition) is 11. The third kappa shape index (κ3) is 33.6. The minimum atomic E-state index is -1.49. The van der Waals surface area contributed by atoms with Gasteiger partial charge in [0, 0.05) is 104 Å². The van der Waals surface area contributed by atoms with Crippen LogP contribution in [0.5, 0.6) is 0 Å². The number of benzene rings is 1. The standard InChI is InChI=1S/C60H99N13O16/c1-5-25-70(40-52(79)80)27-28-71(41-53(81)82)29-30-72(42-54(83)84)39-45(35-43(6-2)38-51(77)78)36-44-18-17-19-46(37-44)62-57-65-58(68(3)4)67-59(66-57)73-33-31-69(32-34-73)26-16-12-10-8-7-9-11-13-21-49(74)61-24-15-14-20-47(55(85)86)63-60(89)64-48(56(87)88)22-23-50(75)76/h17-19,37,43,45,47-48H,5-16,20-36,38-42H2,1-4H3,(H,61,74)(H,75,76)(H,77,78)(H,79,80)(H,81,82)(H,83,84)(H,85,86)(H,87,88)(H2,63,64,89)(H,62,65,66,67)/t43?,45?,47-,48-/m0/s1. The van der Waals surface area contributed by atoms with E-state index < -0.39 is 66.3 Å². The normalized spacial score (nSPS) is 14.0. The largest absolute Gasteiger partial charge is 0.481 e. The number of rotatable bonds is 50. The molecule has 1 aromatic heterocycles. The molecule has 0 bridgehead atoms. The van der Waals surface area contributed by atoms with Crippen LogP contribution in [0, 0.1) is 11.8 Å². The number of hydrogen-bond acceptors (Lipinski definition) is 19. The number of piperazine rings is 1. The van der Waals surface area contributed by atoms with Gasteiger partial charge in [0.1, 0.15) is 12.1 Å². The summed E-state index contributed by atoms with van der Waals surface area (Å²) >= 11 is 0. The van der Waals surface area contributed by atoms with Gasteiger partial charge in [0.2, 0.25) is 23.8 Å². The van der Waals surface area contributed by atoms with E-state index in [-0.39, 0.29) is 76.3 Å². The lowest BCUT2D eigenvalue weighted by molar-refractivity contribution is -0.141. The number of nitrogens with zero attached hydrogens (tertiary/aromatic N) is 9. The zero-order chi connectivity index (χ0) is 65.7. The Balaban J connectivity index is 1.46. The van der Waals surface area contributed by atoms with E-state index in [1.54, 1.807) is 14.7 Å². The summed E-state index contributed by atoms with van der Waals surface area (Å²) in [4.78, 5) is 132. The zero-order valence-corrected chi connectivity index (χ0v) is 52.5. The highest BCUT2D eigenvalue weighted by atomic mass is 16.4. The highest BCUT2D eigenvalue weighted by Crippen LogP contribution is 2.27. The summed E-state index contributed by atoms with van der Waals surface area (Å²) in [5, 5.41) is 77.0. The first kappa shape index (κ1) is 75.7. The first-order valence-electron chi connectivity index (χ1n) is 31.2. The molecule has 4 atom stereocenters. The molecule has 11 N–H and O–H groups in total. The van der Waals surface area contributed by atoms with Crippen LogP contribution >= 0.6 is 0 Å². The molecular formula is C60H99N13O16. The number of carbonyl (C=O) groups excluding carboxylic acids is 2. The molecule has 1 aromatic carbocycles. The molecule has 0 saturated carbocycles. The molecule has 2 heterocycles. The van der Waals surface area contributed by atoms with Gasteiger partial charge >= 0.3 is 47.8 Å². The molecule has 89 heavy (non-hydrogen) atoms. The van der Waals surface area contributed by atoms with E-state index in [1.807, 2.05) is 57.1 Å². The molecule has 0 radical (unpaired) electrons. The first-order valence-corrected chi connectivity index (χ1v) is 31.2. The molecule has 0 aliphatic carbocycles. The van der Waals surface area contributed by atoms with Crippen LogP contribution in [0.3, 0.4) is 0 Å². The average molecular weight is 1260 g/mol. The Morgan fingerprint density at radius 3 is 1.73 bits per heavy atom. The number of anilines is 4. The summed E-state index contributed by atoms with van der Waals surface area (Å²) < 4.78 is 0. The van der Waals surface area contributed by atoms with Crippen molar-refractivity contribution >= 4 is 77.3 Å². The SMILES string of the molecule is CCCN(CCN(CCN(CC(=O)O)CC(Cc1cccc(Nc2nc(N(C)C)nc(N3CCN(CCCCCCCCCCC(=O)NCCCC[C@H](NC(=O)N[C@@H](CCC(=O)O)C(=O)O)C(=O)O)CC3)n2)c1)CC(CC)CC(=O)O)CC(=O)O)CC(=O)O. The zero-order valence-electron chi connectivity index (χ0n) is 52.5. The molecule has 3 rings (SSSR count). The van der Waals surface area contributed by atoms with Gasteiger partial charge in [0.05, 0.1) is 19.6 Å². The molecule has 1 aliphatic rings. The van der Waals surface area contributed by atoms with E-state index >= 15 is 0 Å². The van der Waals surface area contributed by atoms with Crippen molar-refractivity contribution in [2.24, 2.45) is 11.8 Å². The lowest BCUT2D eigenvalue weighted by Gasteiger charge is -2.35. The second kappa shape index (κ2) is 42.4. The summed E-state index contributed by atoms with van der Waals surface area (Å²) in [5.41, 5.74) is 1.64. The Kier molecular flexibility index (Phi) is 36.1. The van der Waals surface area contributed by atoms with E-state index in [1.165, 1.54) is 0 Å². The van der Waals surface area contributed by atoms with Crippen LogP contribution in [0.25, 0.3) is 0 Å². The van der Waals surface area contributed by atoms with Crippen LogP contribution in [0.4, 0.5) is 28.3 Å². The van der Waals surface area contributed by atoms with Gasteiger partial charge in [-0.3, -0.25) is 48.4 Å². The number of carboxylic acids is 7. The predicted octanol–water partition coefficient (Wildman–Crippen LogP) is 4.29. The molecule has 500 valence electrons. The highest BCUT2D eigenvalue weighted by molar-refractivity contribution is 5.86. The van der Waals surface area contributed by atoms with Crippen molar-refractivity contribution in [3.8, 4) is 0 Å². The second-order valence-corrected chi connectivity index (χ2v) is 23.2. The fourth-order valence-corrected chi connectivity index (χ4v) is 10.7. The fraction of sp³-hybridized carbons (Fsp3) is 0.700. The Morgan fingerprint density at radius 1 is 0.596 bits per heavy atom. The Bertz CT molecular complexity index is 2520. The Hall–Kier alpha value is -7.50. The maximum atomic E-state index is 12.4. The van der Waals surface area contributed by atoms with E-state index in [9.17, 15) is 73.8 Å². The minimum Gasteiger partial charge on any atom is -0.481 e. The maximum absolute atomic E-state index is 12.4. The fourth-order valence-electron chi connectivity index (χ4n) is 10.7. The molecule has 0 spiro atoms. The molecule has 1 fully saturated rings. The molecule has 2 aromatic rings. The van der Waals surface area contributed by atoms with Gasteiger partial charge in [0.25, 0.3) is 0 Å². The smallest absolute Gasteiger partial charge is 0.326 e. The summed E-state index contributed by atoms with van der Waals surface area (Å²) in [6.07, 6.45) is 11.0. The third-order valence-corrected chi connectivity index (χ3v) is 15.4. The van der Waals surface area contributed by atoms with Crippen molar-refractivity contribution in [1.29, 1.82) is 0 Å². The Morgan fingerprint density at radius 2 is 1.17 bits per heavy atom. The maximum Gasteiger partial charge on any atom is 0.326 e. The van der Waals surface area contributed by atoms with Gasteiger partial charge in [-0.25, -0.2) is 14.4 Å². The molecule has 1 saturated heterocycles. The van der Waals surface area contributed by atoms with Crippen molar-refractivity contribution in [3.63, 3.8) is 0 Å². The molecule has 29 heteroatoms. The van der Waals surface area contributed by atoms with Crippen molar-refractivity contribution in [1.82, 2.24) is 50.5 Å². The monoisotopic (exact) mass is 1260 g/mol. The first-order chi connectivity index (χ1) is 42.4. The van der Waals surface area contributed by atoms with Crippen molar-refractivity contribution < 1.29 is 78.9 Å². The summed E-state index contributed by atoms with van der Waals surface area (Å²) in [6.45, 7) is 9.45. The third-order valence-electron chi connectivity index (χ3n) is 15.4. The predicted molar refractivity (Wildman–Crippen MR) is 333 cm³/mol. The molecule has 29 nitrogen and oxygen atoms in total. The van der Waals surface area contributed by atoms with Crippen molar-refractivity contribution in [2.75, 3.05) is 127 Å². The van der Waals surface area contributed by atoms with Gasteiger partial charge in [-0.05, 0) is 100 Å². The number of aromatic nitrogens is 3. The number of carboxylic acid groups (broad SMARTS) is 7. The van der Waals surface area contributed by atoms with E-state index in [2.05, 4.69) is 31.1 Å². The number of nitrogens with one attached hydrogen (secondary N) is 4. The van der Waals surface area contributed by atoms with Crippen LogP contribution in [0.2, 0.25) is 0 Å². The summed E-state index contributed by atoms with van der Waals surface area (Å²) in [7, 11) is 3.73. The lowest BCUT2D eigenvalue weighted by Crippen LogP contribution is -2.51. The highest BCUT2D eigenvalue weighted by Gasteiger charge is 2.27. The van der Waals surface area contributed by atoms with Crippen LogP contribution < -0.4 is 31.1 Å². The number of urea groups is 1. The number of carbonyl (C=O) groups is 9. The average Bonchev–Trinajstić information content (AvgIpc) is 1.62. The second-order valence-electron chi connectivity index (χ2n) is 23.2. The van der Waals surface area contributed by atoms with Crippen LogP contribution in [-0.4, -0.2) is 248 Å². The quantitative estimate of drug-likeness (QED) is 0.0411. The number of aliphatic carboxylic acids is 7. The van der Waals surface area contributed by atoms with Gasteiger partial charge in [-0.15, -0.1) is 0 Å². The van der Waals surface area contributed by atoms with Crippen LogP contribution in [0.15, 0.2) is 24.3 Å². The molecular weight excluding hydrogens is 1160 g/mol. The summed E-state index contributed by atoms with van der Waals surface area (Å²) in [6, 6.07) is 3.95. The lowest BCUT2D eigenvalue weighted by atomic mass is 9.86. The summed E-state index contributed by atoms with van der Waals surface area (Å²) in [5.74, 6) is -7.02. The van der Waals surface area contributed by atoms with Crippen LogP contribution in [-0.2, 0) is 44.8 Å². The van der Waals surface area contributed by atoms with Gasteiger partial charge in [0.15, 0.2) is 0 Å². The van der Waals surface area contributed by atoms with E-state index in [4.69, 9.17) is 20.1 Å². The molecule has 1 aliphatic heterocycles. The van der Waals surface area contributed by atoms with E-state index in [0.29, 0.717) is 82.5 Å². The van der Waals surface area contributed by atoms with Gasteiger partial charge < -0.3 is 66.8 Å². The van der Waals surface area contributed by atoms with Crippen LogP contribution in [0.1, 0.15) is 135 Å². The Labute approximate surface area is 522 Å². The number of amides is 3. The van der Waals surface area contributed by atoms with Gasteiger partial charge in [-0.2, -0.15) is 15.0 Å². The topological polar surface area (TPSA) is 401 Å². The van der Waals surface area contributed by atoms with Gasteiger partial charge in [-0.1, -0.05) is 70.9 Å². The number of unbranched alkanes of at least 4 members (excludes halogenated alkanes) is 8. The van der Waals surface area contributed by atoms with Crippen molar-refractivity contribution in [2.45, 2.75) is 148 Å². The molecule has 3 amide bonds. The van der Waals surface area contributed by atoms with Crippen molar-refractivity contribution in [3.05, 3.63) is 29.8 Å². The molecule has 2 unspecified atom stereocenters.